The fraction of sp³-hybridized carbons (Fsp3) is 0.125. The highest BCUT2D eigenvalue weighted by Gasteiger charge is 2.17. The number of amides is 2. The lowest BCUT2D eigenvalue weighted by Crippen LogP contribution is -2.24. The third kappa shape index (κ3) is 4.17. The number of pyridine rings is 2. The van der Waals surface area contributed by atoms with Crippen LogP contribution in [0.3, 0.4) is 0 Å². The molecule has 10 heteroatoms. The van der Waals surface area contributed by atoms with Crippen molar-refractivity contribution in [3.63, 3.8) is 0 Å². The lowest BCUT2D eigenvalue weighted by Gasteiger charge is -2.10. The molecule has 2 N–H and O–H groups in total. The van der Waals surface area contributed by atoms with Crippen LogP contribution < -0.4 is 10.6 Å². The summed E-state index contributed by atoms with van der Waals surface area (Å²) in [5, 5.41) is 4.77. The summed E-state index contributed by atoms with van der Waals surface area (Å²) in [6, 6.07) is 8.56. The summed E-state index contributed by atoms with van der Waals surface area (Å²) in [4.78, 5) is 55.4. The minimum atomic E-state index is -0.837. The van der Waals surface area contributed by atoms with Gasteiger partial charge in [-0.1, -0.05) is 12.1 Å². The van der Waals surface area contributed by atoms with Crippen LogP contribution in [0.25, 0.3) is 0 Å². The number of fused-ring (bicyclic) bond motifs is 4. The van der Waals surface area contributed by atoms with Crippen molar-refractivity contribution < 1.29 is 28.7 Å². The molecule has 0 unspecified atom stereocenters. The second-order valence-corrected chi connectivity index (χ2v) is 5.06. The first-order valence-corrected chi connectivity index (χ1v) is 7.39. The monoisotopic (exact) mass is 356 g/mol. The third-order valence-electron chi connectivity index (χ3n) is 3.12. The first-order valence-electron chi connectivity index (χ1n) is 7.39. The Morgan fingerprint density at radius 2 is 1.12 bits per heavy atom. The molecule has 26 heavy (non-hydrogen) atoms. The number of hydrogen-bond donors (Lipinski definition) is 2. The normalized spacial score (nSPS) is 15.4. The average molecular weight is 356 g/mol. The van der Waals surface area contributed by atoms with E-state index in [0.29, 0.717) is 0 Å². The SMILES string of the molecule is O=C1COC(=O)c2cccc(n2)NC(=O)COC(=O)c2cccc(n2)N1. The van der Waals surface area contributed by atoms with Gasteiger partial charge in [0, 0.05) is 0 Å². The van der Waals surface area contributed by atoms with E-state index in [4.69, 9.17) is 9.47 Å². The highest BCUT2D eigenvalue weighted by molar-refractivity contribution is 5.97. The van der Waals surface area contributed by atoms with Gasteiger partial charge in [-0.3, -0.25) is 9.59 Å². The number of carbonyl (C=O) groups is 4. The van der Waals surface area contributed by atoms with Crippen molar-refractivity contribution in [2.24, 2.45) is 0 Å². The zero-order valence-corrected chi connectivity index (χ0v) is 13.2. The van der Waals surface area contributed by atoms with E-state index in [1.54, 1.807) is 0 Å². The molecule has 2 aromatic rings. The molecule has 0 atom stereocenters. The van der Waals surface area contributed by atoms with Gasteiger partial charge in [-0.2, -0.15) is 0 Å². The second kappa shape index (κ2) is 7.38. The molecule has 2 amide bonds. The van der Waals surface area contributed by atoms with Crippen molar-refractivity contribution >= 4 is 35.4 Å². The Balaban J connectivity index is 1.87. The Labute approximate surface area is 146 Å². The standard InChI is InChI=1S/C16H12N4O6/c21-13-7-26-16(24)10-4-2-6-12(18-10)20-14(22)8-25-15(23)9-3-1-5-11(17-9)19-13/h1-6H,7-8H2,(H,17,19,21)(H,18,20,22). The molecule has 3 heterocycles. The van der Waals surface area contributed by atoms with E-state index in [9.17, 15) is 19.2 Å². The molecular formula is C16H12N4O6. The van der Waals surface area contributed by atoms with Crippen LogP contribution in [0.4, 0.5) is 11.6 Å². The lowest BCUT2D eigenvalue weighted by atomic mass is 10.3. The Kier molecular flexibility index (Phi) is 4.83. The molecule has 0 saturated heterocycles. The number of nitrogens with zero attached hydrogens (tertiary/aromatic N) is 2. The smallest absolute Gasteiger partial charge is 0.357 e. The molecular weight excluding hydrogens is 344 g/mol. The van der Waals surface area contributed by atoms with Gasteiger partial charge in [-0.05, 0) is 24.3 Å². The van der Waals surface area contributed by atoms with E-state index in [-0.39, 0.29) is 23.0 Å². The van der Waals surface area contributed by atoms with Gasteiger partial charge in [-0.15, -0.1) is 0 Å². The zero-order chi connectivity index (χ0) is 18.5. The quantitative estimate of drug-likeness (QED) is 0.647. The summed E-state index contributed by atoms with van der Waals surface area (Å²) in [6.07, 6.45) is 0. The van der Waals surface area contributed by atoms with E-state index >= 15 is 0 Å². The first kappa shape index (κ1) is 17.0. The number of anilines is 2. The minimum absolute atomic E-state index is 0.0668. The maximum Gasteiger partial charge on any atom is 0.357 e. The number of ether oxygens (including phenoxy) is 2. The van der Waals surface area contributed by atoms with Crippen LogP contribution in [0, 0.1) is 0 Å². The van der Waals surface area contributed by atoms with Crippen molar-refractivity contribution in [3.8, 4) is 0 Å². The summed E-state index contributed by atoms with van der Waals surface area (Å²) in [7, 11) is 0. The van der Waals surface area contributed by atoms with E-state index in [0.717, 1.165) is 0 Å². The summed E-state index contributed by atoms with van der Waals surface area (Å²) in [6.45, 7) is -1.15. The first-order chi connectivity index (χ1) is 12.5. The number of cyclic esters (lactones) is 2. The molecule has 0 aliphatic carbocycles. The summed E-state index contributed by atoms with van der Waals surface area (Å²) in [5.41, 5.74) is -0.195. The maximum absolute atomic E-state index is 12.0. The molecule has 0 radical (unpaired) electrons. The van der Waals surface area contributed by atoms with Gasteiger partial charge < -0.3 is 20.1 Å². The average Bonchev–Trinajstić information content (AvgIpc) is 2.64. The molecule has 4 bridgehead atoms. The number of rotatable bonds is 0. The van der Waals surface area contributed by atoms with Gasteiger partial charge in [0.15, 0.2) is 24.6 Å². The van der Waals surface area contributed by atoms with E-state index in [1.807, 2.05) is 0 Å². The minimum Gasteiger partial charge on any atom is -0.451 e. The van der Waals surface area contributed by atoms with E-state index < -0.39 is 37.0 Å². The molecule has 0 saturated carbocycles. The van der Waals surface area contributed by atoms with Crippen LogP contribution in [0.1, 0.15) is 21.0 Å². The van der Waals surface area contributed by atoms with Crippen molar-refractivity contribution in [1.82, 2.24) is 9.97 Å². The van der Waals surface area contributed by atoms with Gasteiger partial charge in [0.2, 0.25) is 0 Å². The van der Waals surface area contributed by atoms with Gasteiger partial charge in [-0.25, -0.2) is 19.6 Å². The molecule has 1 aliphatic rings. The largest absolute Gasteiger partial charge is 0.451 e. The number of aromatic nitrogens is 2. The lowest BCUT2D eigenvalue weighted by molar-refractivity contribution is -0.119. The van der Waals surface area contributed by atoms with E-state index in [1.165, 1.54) is 36.4 Å². The van der Waals surface area contributed by atoms with Crippen molar-refractivity contribution in [1.29, 1.82) is 0 Å². The Hall–Kier alpha value is -3.82. The molecule has 0 aromatic carbocycles. The van der Waals surface area contributed by atoms with Crippen molar-refractivity contribution in [2.45, 2.75) is 0 Å². The molecule has 1 aliphatic heterocycles. The topological polar surface area (TPSA) is 137 Å². The number of hydrogen-bond acceptors (Lipinski definition) is 8. The predicted octanol–water partition coefficient (Wildman–Crippen LogP) is 0.381. The Bertz CT molecular complexity index is 824. The highest BCUT2D eigenvalue weighted by Crippen LogP contribution is 2.09. The van der Waals surface area contributed by atoms with Gasteiger partial charge in [0.05, 0.1) is 0 Å². The van der Waals surface area contributed by atoms with Crippen LogP contribution in [0.2, 0.25) is 0 Å². The van der Waals surface area contributed by atoms with Crippen molar-refractivity contribution in [2.75, 3.05) is 23.8 Å². The molecule has 3 rings (SSSR count). The molecule has 0 fully saturated rings. The fourth-order valence-corrected chi connectivity index (χ4v) is 2.00. The van der Waals surface area contributed by atoms with Crippen LogP contribution in [0.15, 0.2) is 36.4 Å². The van der Waals surface area contributed by atoms with Crippen molar-refractivity contribution in [3.05, 3.63) is 47.8 Å². The second-order valence-electron chi connectivity index (χ2n) is 5.06. The Morgan fingerprint density at radius 1 is 0.692 bits per heavy atom. The summed E-state index contributed by atoms with van der Waals surface area (Å²) >= 11 is 0. The number of esters is 2. The molecule has 10 nitrogen and oxygen atoms in total. The summed E-state index contributed by atoms with van der Waals surface area (Å²) < 4.78 is 9.74. The molecule has 132 valence electrons. The maximum atomic E-state index is 12.0. The van der Waals surface area contributed by atoms with E-state index in [2.05, 4.69) is 20.6 Å². The molecule has 2 aromatic heterocycles. The number of carbonyl (C=O) groups excluding carboxylic acids is 4. The fourth-order valence-electron chi connectivity index (χ4n) is 2.00. The van der Waals surface area contributed by atoms with Crippen LogP contribution >= 0.6 is 0 Å². The van der Waals surface area contributed by atoms with Crippen LogP contribution in [-0.4, -0.2) is 46.9 Å². The van der Waals surface area contributed by atoms with Gasteiger partial charge in [0.25, 0.3) is 11.8 Å². The summed E-state index contributed by atoms with van der Waals surface area (Å²) in [5.74, 6) is -2.83. The Morgan fingerprint density at radius 3 is 1.54 bits per heavy atom. The molecule has 0 spiro atoms. The number of nitrogens with one attached hydrogen (secondary N) is 2. The highest BCUT2D eigenvalue weighted by atomic mass is 16.5. The van der Waals surface area contributed by atoms with Crippen LogP contribution in [-0.2, 0) is 19.1 Å². The zero-order valence-electron chi connectivity index (χ0n) is 13.2. The van der Waals surface area contributed by atoms with Crippen LogP contribution in [0.5, 0.6) is 0 Å². The third-order valence-corrected chi connectivity index (χ3v) is 3.12. The van der Waals surface area contributed by atoms with Gasteiger partial charge >= 0.3 is 11.9 Å². The predicted molar refractivity (Wildman–Crippen MR) is 86.3 cm³/mol. The van der Waals surface area contributed by atoms with Gasteiger partial charge in [0.1, 0.15) is 11.6 Å².